The lowest BCUT2D eigenvalue weighted by Crippen LogP contribution is -2.48. The Bertz CT molecular complexity index is 805. The first-order valence-electron chi connectivity index (χ1n) is 10.9. The van der Waals surface area contributed by atoms with Gasteiger partial charge in [0.25, 0.3) is 0 Å². The first-order chi connectivity index (χ1) is 14.6. The van der Waals surface area contributed by atoms with Gasteiger partial charge in [0, 0.05) is 31.0 Å². The molecule has 0 unspecified atom stereocenters. The Morgan fingerprint density at radius 3 is 2.57 bits per heavy atom. The first-order valence-corrected chi connectivity index (χ1v) is 10.9. The van der Waals surface area contributed by atoms with Crippen LogP contribution < -0.4 is 10.1 Å². The van der Waals surface area contributed by atoms with E-state index in [0.717, 1.165) is 51.1 Å². The van der Waals surface area contributed by atoms with Crippen LogP contribution in [0.3, 0.4) is 0 Å². The summed E-state index contributed by atoms with van der Waals surface area (Å²) < 4.78 is 5.11. The van der Waals surface area contributed by atoms with E-state index in [1.54, 1.807) is 31.4 Å². The molecule has 30 heavy (non-hydrogen) atoms. The van der Waals surface area contributed by atoms with Crippen LogP contribution in [0.25, 0.3) is 0 Å². The second kappa shape index (κ2) is 11.5. The van der Waals surface area contributed by atoms with Crippen molar-refractivity contribution in [1.82, 2.24) is 10.2 Å². The molecule has 0 radical (unpaired) electrons. The van der Waals surface area contributed by atoms with E-state index in [1.165, 1.54) is 5.56 Å². The summed E-state index contributed by atoms with van der Waals surface area (Å²) in [5.74, 6) is 0.668. The van der Waals surface area contributed by atoms with Crippen LogP contribution in [0.5, 0.6) is 5.75 Å². The Morgan fingerprint density at radius 1 is 1.07 bits per heavy atom. The molecule has 2 aromatic carbocycles. The predicted octanol–water partition coefficient (Wildman–Crippen LogP) is 3.87. The first kappa shape index (κ1) is 22.0. The molecule has 0 aromatic heterocycles. The van der Waals surface area contributed by atoms with Gasteiger partial charge in [0.05, 0.1) is 7.11 Å². The summed E-state index contributed by atoms with van der Waals surface area (Å²) in [4.78, 5) is 27.1. The third-order valence-corrected chi connectivity index (χ3v) is 5.64. The van der Waals surface area contributed by atoms with Crippen LogP contribution in [-0.2, 0) is 11.2 Å². The van der Waals surface area contributed by atoms with Gasteiger partial charge < -0.3 is 15.0 Å². The van der Waals surface area contributed by atoms with E-state index < -0.39 is 0 Å². The van der Waals surface area contributed by atoms with Crippen molar-refractivity contribution in [3.63, 3.8) is 0 Å². The number of benzene rings is 2. The molecule has 5 nitrogen and oxygen atoms in total. The van der Waals surface area contributed by atoms with E-state index in [1.807, 2.05) is 6.07 Å². The zero-order valence-corrected chi connectivity index (χ0v) is 17.8. The molecule has 1 fully saturated rings. The number of nitrogens with one attached hydrogen (secondary N) is 1. The highest BCUT2D eigenvalue weighted by molar-refractivity contribution is 5.98. The van der Waals surface area contributed by atoms with E-state index in [4.69, 9.17) is 4.74 Å². The van der Waals surface area contributed by atoms with Crippen molar-refractivity contribution in [3.05, 3.63) is 65.7 Å². The number of carbonyl (C=O) groups excluding carboxylic acids is 2. The van der Waals surface area contributed by atoms with Gasteiger partial charge in [-0.3, -0.25) is 9.59 Å². The molecule has 0 spiro atoms. The Hall–Kier alpha value is -2.66. The number of aryl methyl sites for hydroxylation is 1. The summed E-state index contributed by atoms with van der Waals surface area (Å²) in [5.41, 5.74) is 1.99. The Morgan fingerprint density at radius 2 is 1.83 bits per heavy atom. The summed E-state index contributed by atoms with van der Waals surface area (Å²) in [5, 5.41) is 3.13. The summed E-state index contributed by atoms with van der Waals surface area (Å²) in [6.45, 7) is 3.04. The summed E-state index contributed by atoms with van der Waals surface area (Å²) >= 11 is 0. The minimum atomic E-state index is -0.0343. The summed E-state index contributed by atoms with van der Waals surface area (Å²) in [7, 11) is 1.59. The molecule has 1 atom stereocenters. The molecule has 1 amide bonds. The van der Waals surface area contributed by atoms with Crippen LogP contribution in [0.15, 0.2) is 54.6 Å². The lowest BCUT2D eigenvalue weighted by molar-refractivity contribution is -0.122. The maximum absolute atomic E-state index is 12.4. The number of ketones is 1. The average Bonchev–Trinajstić information content (AvgIpc) is 2.78. The van der Waals surface area contributed by atoms with Gasteiger partial charge in [-0.1, -0.05) is 30.3 Å². The van der Waals surface area contributed by atoms with Gasteiger partial charge in [0.1, 0.15) is 5.75 Å². The van der Waals surface area contributed by atoms with Gasteiger partial charge in [-0.2, -0.15) is 0 Å². The molecule has 0 saturated carbocycles. The molecular formula is C25H32N2O3. The number of nitrogens with zero attached hydrogens (tertiary/aromatic N) is 1. The average molecular weight is 409 g/mol. The van der Waals surface area contributed by atoms with E-state index in [9.17, 15) is 9.59 Å². The van der Waals surface area contributed by atoms with Gasteiger partial charge in [0.15, 0.2) is 5.78 Å². The molecule has 3 rings (SSSR count). The van der Waals surface area contributed by atoms with E-state index in [-0.39, 0.29) is 30.6 Å². The van der Waals surface area contributed by atoms with Crippen LogP contribution in [-0.4, -0.2) is 49.4 Å². The summed E-state index contributed by atoms with van der Waals surface area (Å²) in [6, 6.07) is 17.8. The van der Waals surface area contributed by atoms with Crippen LogP contribution in [0.1, 0.15) is 48.0 Å². The minimum Gasteiger partial charge on any atom is -0.497 e. The molecular weight excluding hydrogens is 376 g/mol. The third kappa shape index (κ3) is 6.99. The number of rotatable bonds is 10. The number of ether oxygens (including phenoxy) is 1. The molecule has 1 saturated heterocycles. The zero-order valence-electron chi connectivity index (χ0n) is 17.8. The van der Waals surface area contributed by atoms with Crippen molar-refractivity contribution < 1.29 is 14.3 Å². The molecule has 0 aliphatic carbocycles. The number of hydrogen-bond donors (Lipinski definition) is 1. The van der Waals surface area contributed by atoms with Crippen molar-refractivity contribution in [2.24, 2.45) is 0 Å². The zero-order chi connectivity index (χ0) is 21.2. The molecule has 5 heteroatoms. The highest BCUT2D eigenvalue weighted by atomic mass is 16.5. The van der Waals surface area contributed by atoms with Gasteiger partial charge in [-0.25, -0.2) is 0 Å². The monoisotopic (exact) mass is 408 g/mol. The molecule has 2 aromatic rings. The fourth-order valence-electron chi connectivity index (χ4n) is 3.98. The van der Waals surface area contributed by atoms with Crippen LogP contribution >= 0.6 is 0 Å². The largest absolute Gasteiger partial charge is 0.497 e. The van der Waals surface area contributed by atoms with Crippen molar-refractivity contribution in [2.75, 3.05) is 26.7 Å². The number of carbonyl (C=O) groups is 2. The van der Waals surface area contributed by atoms with Crippen molar-refractivity contribution in [2.45, 2.75) is 44.6 Å². The number of methoxy groups -OCH3 is 1. The van der Waals surface area contributed by atoms with Crippen LogP contribution in [0.4, 0.5) is 0 Å². The topological polar surface area (TPSA) is 58.6 Å². The quantitative estimate of drug-likeness (QED) is 0.607. The third-order valence-electron chi connectivity index (χ3n) is 5.64. The smallest absolute Gasteiger partial charge is 0.220 e. The highest BCUT2D eigenvalue weighted by Crippen LogP contribution is 2.15. The number of amides is 1. The molecule has 1 N–H and O–H groups in total. The lowest BCUT2D eigenvalue weighted by Gasteiger charge is -2.33. The van der Waals surface area contributed by atoms with Crippen LogP contribution in [0.2, 0.25) is 0 Å². The van der Waals surface area contributed by atoms with Crippen molar-refractivity contribution >= 4 is 11.7 Å². The number of Topliss-reactive ketones (excluding diaryl/α,β-unsaturated/α-hetero) is 1. The molecule has 1 aliphatic heterocycles. The Labute approximate surface area is 179 Å². The highest BCUT2D eigenvalue weighted by Gasteiger charge is 2.21. The minimum absolute atomic E-state index is 0.0148. The normalized spacial score (nSPS) is 16.8. The van der Waals surface area contributed by atoms with Crippen molar-refractivity contribution in [3.8, 4) is 5.75 Å². The number of hydrogen-bond acceptors (Lipinski definition) is 4. The van der Waals surface area contributed by atoms with E-state index in [2.05, 4.69) is 34.5 Å². The number of piperidine rings is 1. The predicted molar refractivity (Wildman–Crippen MR) is 119 cm³/mol. The fraction of sp³-hybridized carbons (Fsp3) is 0.440. The van der Waals surface area contributed by atoms with Gasteiger partial charge >= 0.3 is 0 Å². The van der Waals surface area contributed by atoms with Crippen LogP contribution in [0, 0.1) is 0 Å². The van der Waals surface area contributed by atoms with E-state index >= 15 is 0 Å². The fourth-order valence-corrected chi connectivity index (χ4v) is 3.98. The van der Waals surface area contributed by atoms with Gasteiger partial charge in [0.2, 0.25) is 5.91 Å². The Kier molecular flexibility index (Phi) is 8.45. The SMILES string of the molecule is COc1ccc(C(=O)CCC(=O)N[C@@H]2CCCN(CCCc3ccccc3)C2)cc1. The molecule has 0 bridgehead atoms. The van der Waals surface area contributed by atoms with Gasteiger partial charge in [-0.15, -0.1) is 0 Å². The second-order valence-corrected chi connectivity index (χ2v) is 7.95. The standard InChI is InChI=1S/C25H32N2O3/c1-30-23-13-11-21(12-14-23)24(28)15-16-25(29)26-22-10-6-18-27(19-22)17-5-9-20-7-3-2-4-8-20/h2-4,7-8,11-14,22H,5-6,9-10,15-19H2,1H3,(H,26,29)/t22-/m1/s1. The summed E-state index contributed by atoms with van der Waals surface area (Å²) in [6.07, 6.45) is 4.78. The number of likely N-dealkylation sites (tertiary alicyclic amines) is 1. The molecule has 1 heterocycles. The van der Waals surface area contributed by atoms with Crippen molar-refractivity contribution in [1.29, 1.82) is 0 Å². The Balaban J connectivity index is 1.36. The lowest BCUT2D eigenvalue weighted by atomic mass is 10.0. The molecule has 160 valence electrons. The van der Waals surface area contributed by atoms with Gasteiger partial charge in [-0.05, 0) is 68.6 Å². The van der Waals surface area contributed by atoms with E-state index in [0.29, 0.717) is 5.56 Å². The second-order valence-electron chi connectivity index (χ2n) is 7.95. The molecule has 1 aliphatic rings. The maximum atomic E-state index is 12.4. The maximum Gasteiger partial charge on any atom is 0.220 e.